The summed E-state index contributed by atoms with van der Waals surface area (Å²) in [5.41, 5.74) is 1.03. The van der Waals surface area contributed by atoms with E-state index in [0.717, 1.165) is 31.4 Å². The Hall–Kier alpha value is -1.39. The van der Waals surface area contributed by atoms with Gasteiger partial charge in [-0.25, -0.2) is 0 Å². The first kappa shape index (κ1) is 17.7. The summed E-state index contributed by atoms with van der Waals surface area (Å²) in [6.45, 7) is 8.62. The number of nitrogens with zero attached hydrogens (tertiary/aromatic N) is 2. The maximum Gasteiger partial charge on any atom is 0.225 e. The van der Waals surface area contributed by atoms with Crippen molar-refractivity contribution in [2.24, 2.45) is 0 Å². The molecular weight excluding hydrogens is 264 g/mol. The van der Waals surface area contributed by atoms with E-state index in [4.69, 9.17) is 0 Å². The van der Waals surface area contributed by atoms with Crippen LogP contribution >= 0.6 is 0 Å². The predicted octanol–water partition coefficient (Wildman–Crippen LogP) is 4.18. The average molecular weight is 294 g/mol. The smallest absolute Gasteiger partial charge is 0.225 e. The zero-order chi connectivity index (χ0) is 15.7. The van der Waals surface area contributed by atoms with E-state index in [1.807, 2.05) is 6.92 Å². The van der Waals surface area contributed by atoms with Crippen LogP contribution in [0.15, 0.2) is 0 Å². The largest absolute Gasteiger partial charge is 0.308 e. The van der Waals surface area contributed by atoms with E-state index in [9.17, 15) is 4.79 Å². The molecule has 0 fully saturated rings. The van der Waals surface area contributed by atoms with Gasteiger partial charge in [0.1, 0.15) is 0 Å². The highest BCUT2D eigenvalue weighted by Crippen LogP contribution is 2.38. The first-order valence-corrected chi connectivity index (χ1v) is 8.34. The molecule has 0 spiro atoms. The lowest BCUT2D eigenvalue weighted by atomic mass is 9.75. The second-order valence-electron chi connectivity index (χ2n) is 5.78. The lowest BCUT2D eigenvalue weighted by Crippen LogP contribution is -2.27. The molecule has 0 radical (unpaired) electrons. The van der Waals surface area contributed by atoms with Gasteiger partial charge >= 0.3 is 0 Å². The van der Waals surface area contributed by atoms with Gasteiger partial charge in [0.05, 0.1) is 5.69 Å². The minimum atomic E-state index is 0.0160. The van der Waals surface area contributed by atoms with Crippen molar-refractivity contribution in [3.8, 4) is 0 Å². The van der Waals surface area contributed by atoms with Gasteiger partial charge in [-0.05, 0) is 25.7 Å². The Balaban J connectivity index is 2.92. The van der Waals surface area contributed by atoms with Crippen molar-refractivity contribution in [3.63, 3.8) is 0 Å². The molecule has 5 nitrogen and oxygen atoms in total. The van der Waals surface area contributed by atoms with Gasteiger partial charge in [-0.3, -0.25) is 9.89 Å². The summed E-state index contributed by atoms with van der Waals surface area (Å²) < 4.78 is 0. The Morgan fingerprint density at radius 1 is 1.14 bits per heavy atom. The average Bonchev–Trinajstić information content (AvgIpc) is 2.93. The number of hydrogen-bond acceptors (Lipinski definition) is 3. The molecule has 21 heavy (non-hydrogen) atoms. The quantitative estimate of drug-likeness (QED) is 0.636. The van der Waals surface area contributed by atoms with Crippen molar-refractivity contribution in [2.75, 3.05) is 5.32 Å². The molecule has 0 atom stereocenters. The van der Waals surface area contributed by atoms with Gasteiger partial charge in [0, 0.05) is 11.8 Å². The Morgan fingerprint density at radius 3 is 2.43 bits per heavy atom. The third-order valence-electron chi connectivity index (χ3n) is 4.43. The second kappa shape index (κ2) is 8.80. The fraction of sp³-hybridized carbons (Fsp3) is 0.812. The van der Waals surface area contributed by atoms with E-state index < -0.39 is 0 Å². The summed E-state index contributed by atoms with van der Waals surface area (Å²) in [5, 5.41) is 14.0. The summed E-state index contributed by atoms with van der Waals surface area (Å²) in [4.78, 5) is 11.8. The van der Waals surface area contributed by atoms with Gasteiger partial charge in [-0.1, -0.05) is 52.2 Å². The fourth-order valence-corrected chi connectivity index (χ4v) is 2.90. The summed E-state index contributed by atoms with van der Waals surface area (Å²) in [7, 11) is 0. The topological polar surface area (TPSA) is 70.7 Å². The van der Waals surface area contributed by atoms with Gasteiger partial charge in [-0.15, -0.1) is 5.10 Å². The summed E-state index contributed by atoms with van der Waals surface area (Å²) in [5.74, 6) is 0.635. The molecule has 2 N–H and O–H groups in total. The molecule has 0 aromatic carbocycles. The molecule has 0 aliphatic carbocycles. The number of hydrogen-bond donors (Lipinski definition) is 2. The molecule has 5 heteroatoms. The maximum absolute atomic E-state index is 11.8. The fourth-order valence-electron chi connectivity index (χ4n) is 2.90. The lowest BCUT2D eigenvalue weighted by molar-refractivity contribution is -0.116. The standard InChI is InChI=1S/C16H30N4O/c1-5-9-10-12-16(7-3,8-4)14-15(19-20-18-14)17-13(21)11-6-2/h5-12H2,1-4H3,(H2,17,18,19,20,21). The van der Waals surface area contributed by atoms with Gasteiger partial charge in [0.25, 0.3) is 0 Å². The van der Waals surface area contributed by atoms with Crippen molar-refractivity contribution in [3.05, 3.63) is 5.69 Å². The zero-order valence-electron chi connectivity index (χ0n) is 14.0. The maximum atomic E-state index is 11.8. The molecule has 1 heterocycles. The summed E-state index contributed by atoms with van der Waals surface area (Å²) in [6.07, 6.45) is 8.15. The molecule has 0 unspecified atom stereocenters. The number of rotatable bonds is 10. The van der Waals surface area contributed by atoms with Crippen LogP contribution in [0.3, 0.4) is 0 Å². The van der Waals surface area contributed by atoms with Crippen LogP contribution in [0.2, 0.25) is 0 Å². The number of amides is 1. The van der Waals surface area contributed by atoms with E-state index >= 15 is 0 Å². The number of carbonyl (C=O) groups excluding carboxylic acids is 1. The third kappa shape index (κ3) is 4.55. The molecule has 0 bridgehead atoms. The number of H-pyrrole nitrogens is 1. The molecule has 0 aliphatic rings. The minimum absolute atomic E-state index is 0.0160. The molecule has 1 rings (SSSR count). The van der Waals surface area contributed by atoms with E-state index in [1.54, 1.807) is 0 Å². The van der Waals surface area contributed by atoms with E-state index in [1.165, 1.54) is 19.3 Å². The molecule has 1 aromatic rings. The number of nitrogens with one attached hydrogen (secondary N) is 2. The van der Waals surface area contributed by atoms with Gasteiger partial charge in [-0.2, -0.15) is 0 Å². The van der Waals surface area contributed by atoms with Gasteiger partial charge in [0.2, 0.25) is 5.91 Å². The zero-order valence-corrected chi connectivity index (χ0v) is 14.0. The highest BCUT2D eigenvalue weighted by atomic mass is 16.1. The number of carbonyl (C=O) groups is 1. The number of aromatic amines is 1. The number of unbranched alkanes of at least 4 members (excludes halogenated alkanes) is 2. The molecule has 0 saturated heterocycles. The van der Waals surface area contributed by atoms with Crippen LogP contribution in [0.4, 0.5) is 5.82 Å². The molecular formula is C16H30N4O. The van der Waals surface area contributed by atoms with Crippen molar-refractivity contribution in [1.29, 1.82) is 0 Å². The SMILES string of the molecule is CCCCCC(CC)(CC)c1[nH]nnc1NC(=O)CCC. The second-order valence-corrected chi connectivity index (χ2v) is 5.78. The first-order chi connectivity index (χ1) is 10.1. The monoisotopic (exact) mass is 294 g/mol. The Kier molecular flexibility index (Phi) is 7.40. The first-order valence-electron chi connectivity index (χ1n) is 8.34. The van der Waals surface area contributed by atoms with Gasteiger partial charge < -0.3 is 5.32 Å². The summed E-state index contributed by atoms with van der Waals surface area (Å²) >= 11 is 0. The van der Waals surface area contributed by atoms with Crippen molar-refractivity contribution in [1.82, 2.24) is 15.4 Å². The van der Waals surface area contributed by atoms with E-state index in [-0.39, 0.29) is 11.3 Å². The minimum Gasteiger partial charge on any atom is -0.308 e. The lowest BCUT2D eigenvalue weighted by Gasteiger charge is -2.31. The van der Waals surface area contributed by atoms with Crippen LogP contribution in [-0.4, -0.2) is 21.3 Å². The molecule has 0 aliphatic heterocycles. The van der Waals surface area contributed by atoms with Crippen molar-refractivity contribution >= 4 is 11.7 Å². The van der Waals surface area contributed by atoms with Crippen LogP contribution in [0.5, 0.6) is 0 Å². The highest BCUT2D eigenvalue weighted by molar-refractivity contribution is 5.90. The number of anilines is 1. The Morgan fingerprint density at radius 2 is 1.86 bits per heavy atom. The van der Waals surface area contributed by atoms with Crippen molar-refractivity contribution in [2.45, 2.75) is 84.5 Å². The molecule has 1 aromatic heterocycles. The normalized spacial score (nSPS) is 11.6. The Labute approximate surface area is 128 Å². The number of aromatic nitrogens is 3. The Bertz CT molecular complexity index is 424. The van der Waals surface area contributed by atoms with Crippen LogP contribution in [0.25, 0.3) is 0 Å². The third-order valence-corrected chi connectivity index (χ3v) is 4.43. The van der Waals surface area contributed by atoms with Crippen LogP contribution in [0.1, 0.15) is 84.8 Å². The van der Waals surface area contributed by atoms with Crippen LogP contribution in [0, 0.1) is 0 Å². The van der Waals surface area contributed by atoms with Gasteiger partial charge in [0.15, 0.2) is 5.82 Å². The summed E-state index contributed by atoms with van der Waals surface area (Å²) in [6, 6.07) is 0. The van der Waals surface area contributed by atoms with Crippen LogP contribution in [-0.2, 0) is 10.2 Å². The predicted molar refractivity (Wildman–Crippen MR) is 86.3 cm³/mol. The van der Waals surface area contributed by atoms with Crippen molar-refractivity contribution < 1.29 is 4.79 Å². The highest BCUT2D eigenvalue weighted by Gasteiger charge is 2.33. The molecule has 120 valence electrons. The molecule has 0 saturated carbocycles. The molecule has 1 amide bonds. The van der Waals surface area contributed by atoms with E-state index in [0.29, 0.717) is 12.2 Å². The van der Waals surface area contributed by atoms with E-state index in [2.05, 4.69) is 41.5 Å². The van der Waals surface area contributed by atoms with Crippen LogP contribution < -0.4 is 5.32 Å².